The average Bonchev–Trinajstić information content (AvgIpc) is 3.70. The first-order valence-corrected chi connectivity index (χ1v) is 14.6. The van der Waals surface area contributed by atoms with E-state index in [-0.39, 0.29) is 11.8 Å². The first-order valence-electron chi connectivity index (χ1n) is 13.8. The van der Waals surface area contributed by atoms with Crippen LogP contribution in [0.2, 0.25) is 10.2 Å². The van der Waals surface area contributed by atoms with Crippen LogP contribution >= 0.6 is 23.2 Å². The first-order chi connectivity index (χ1) is 21.4. The number of hydrogen-bond donors (Lipinski definition) is 3. The topological polar surface area (TPSA) is 142 Å². The van der Waals surface area contributed by atoms with Crippen LogP contribution in [0.3, 0.4) is 0 Å². The molecule has 1 aliphatic heterocycles. The van der Waals surface area contributed by atoms with E-state index < -0.39 is 12.1 Å². The maximum absolute atomic E-state index is 13.9. The van der Waals surface area contributed by atoms with Gasteiger partial charge in [0.25, 0.3) is 0 Å². The van der Waals surface area contributed by atoms with Gasteiger partial charge in [0.05, 0.1) is 11.7 Å². The Bertz CT molecular complexity index is 1810. The zero-order chi connectivity index (χ0) is 30.6. The summed E-state index contributed by atoms with van der Waals surface area (Å²) >= 11 is 13.0. The molecule has 6 rings (SSSR count). The van der Waals surface area contributed by atoms with Gasteiger partial charge in [-0.25, -0.2) is 9.78 Å². The lowest BCUT2D eigenvalue weighted by Crippen LogP contribution is -2.41. The molecule has 0 bridgehead atoms. The van der Waals surface area contributed by atoms with E-state index in [2.05, 4.69) is 38.0 Å². The van der Waals surface area contributed by atoms with Crippen molar-refractivity contribution < 1.29 is 14.7 Å². The standard InChI is InChI=1S/C31H26Cl2N8O3/c32-22-11-14-25(41-18-34-38-39-41)21(17-22)10-15-26(42)40-16-4-7-24(19-5-2-1-3-6-19)28(40)30-36-27(29(33)37-30)20-8-12-23(13-9-20)35-31(43)44/h1-3,5-6,8-15,17-18,24,28,35H,4,7,16H2,(H,36,37)(H,43,44)/t24-,28-/m0/s1. The van der Waals surface area contributed by atoms with Crippen molar-refractivity contribution in [3.8, 4) is 16.9 Å². The number of anilines is 1. The van der Waals surface area contributed by atoms with E-state index >= 15 is 0 Å². The summed E-state index contributed by atoms with van der Waals surface area (Å²) < 4.78 is 1.51. The number of benzene rings is 3. The molecule has 2 aromatic heterocycles. The Hall–Kier alpha value is -5.00. The molecule has 1 saturated heterocycles. The molecule has 0 aliphatic carbocycles. The lowest BCUT2D eigenvalue weighted by atomic mass is 9.83. The summed E-state index contributed by atoms with van der Waals surface area (Å²) in [5, 5.41) is 23.6. The Balaban J connectivity index is 1.35. The lowest BCUT2D eigenvalue weighted by molar-refractivity contribution is -0.130. The number of likely N-dealkylation sites (tertiary alicyclic amines) is 1. The third-order valence-corrected chi connectivity index (χ3v) is 8.01. The zero-order valence-corrected chi connectivity index (χ0v) is 24.7. The minimum absolute atomic E-state index is 0.0394. The van der Waals surface area contributed by atoms with Crippen LogP contribution in [0.25, 0.3) is 23.0 Å². The van der Waals surface area contributed by atoms with Crippen LogP contribution in [-0.2, 0) is 4.79 Å². The van der Waals surface area contributed by atoms with E-state index in [1.54, 1.807) is 48.5 Å². The highest BCUT2D eigenvalue weighted by Crippen LogP contribution is 2.43. The van der Waals surface area contributed by atoms with Crippen LogP contribution in [-0.4, -0.2) is 58.7 Å². The van der Waals surface area contributed by atoms with Crippen molar-refractivity contribution in [2.75, 3.05) is 11.9 Å². The van der Waals surface area contributed by atoms with Gasteiger partial charge in [-0.15, -0.1) is 5.10 Å². The van der Waals surface area contributed by atoms with Gasteiger partial charge >= 0.3 is 6.09 Å². The third kappa shape index (κ3) is 6.19. The monoisotopic (exact) mass is 628 g/mol. The van der Waals surface area contributed by atoms with Gasteiger partial charge in [0.15, 0.2) is 0 Å². The highest BCUT2D eigenvalue weighted by atomic mass is 35.5. The number of halogens is 2. The van der Waals surface area contributed by atoms with Gasteiger partial charge in [0.2, 0.25) is 5.91 Å². The largest absolute Gasteiger partial charge is 0.465 e. The smallest absolute Gasteiger partial charge is 0.409 e. The predicted octanol–water partition coefficient (Wildman–Crippen LogP) is 6.61. The van der Waals surface area contributed by atoms with Crippen LogP contribution in [0.4, 0.5) is 10.5 Å². The van der Waals surface area contributed by atoms with E-state index in [1.807, 2.05) is 23.1 Å². The molecular formula is C31H26Cl2N8O3. The fourth-order valence-corrected chi connectivity index (χ4v) is 5.99. The summed E-state index contributed by atoms with van der Waals surface area (Å²) in [6.07, 6.45) is 5.22. The van der Waals surface area contributed by atoms with E-state index in [0.29, 0.717) is 50.7 Å². The van der Waals surface area contributed by atoms with E-state index in [0.717, 1.165) is 18.4 Å². The molecule has 1 fully saturated rings. The number of nitrogens with zero attached hydrogens (tertiary/aromatic N) is 6. The molecule has 3 heterocycles. The van der Waals surface area contributed by atoms with Crippen LogP contribution in [0, 0.1) is 0 Å². The Morgan fingerprint density at radius 2 is 1.84 bits per heavy atom. The second-order valence-electron chi connectivity index (χ2n) is 10.2. The molecule has 1 aliphatic rings. The van der Waals surface area contributed by atoms with Crippen molar-refractivity contribution in [2.45, 2.75) is 24.8 Å². The van der Waals surface area contributed by atoms with Crippen molar-refractivity contribution >= 4 is 47.0 Å². The van der Waals surface area contributed by atoms with Crippen molar-refractivity contribution in [1.29, 1.82) is 0 Å². The molecule has 0 saturated carbocycles. The highest BCUT2D eigenvalue weighted by molar-refractivity contribution is 6.32. The summed E-state index contributed by atoms with van der Waals surface area (Å²) in [5.41, 5.74) is 4.08. The summed E-state index contributed by atoms with van der Waals surface area (Å²) in [4.78, 5) is 34.9. The summed E-state index contributed by atoms with van der Waals surface area (Å²) in [6.45, 7) is 0.524. The normalized spacial score (nSPS) is 16.7. The minimum atomic E-state index is -1.15. The predicted molar refractivity (Wildman–Crippen MR) is 167 cm³/mol. The summed E-state index contributed by atoms with van der Waals surface area (Å²) in [6, 6.07) is 21.7. The van der Waals surface area contributed by atoms with Crippen LogP contribution in [0.15, 0.2) is 85.2 Å². The number of aromatic amines is 1. The third-order valence-electron chi connectivity index (χ3n) is 7.50. The first kappa shape index (κ1) is 29.1. The molecular weight excluding hydrogens is 603 g/mol. The zero-order valence-electron chi connectivity index (χ0n) is 23.1. The molecule has 5 aromatic rings. The second kappa shape index (κ2) is 12.7. The number of aromatic nitrogens is 6. The molecule has 0 unspecified atom stereocenters. The average molecular weight is 630 g/mol. The number of carbonyl (C=O) groups is 2. The van der Waals surface area contributed by atoms with E-state index in [4.69, 9.17) is 33.3 Å². The Morgan fingerprint density at radius 1 is 1.05 bits per heavy atom. The summed E-state index contributed by atoms with van der Waals surface area (Å²) in [7, 11) is 0. The quantitative estimate of drug-likeness (QED) is 0.172. The van der Waals surface area contributed by atoms with Gasteiger partial charge in [-0.2, -0.15) is 4.68 Å². The van der Waals surface area contributed by atoms with Crippen LogP contribution in [0.1, 0.15) is 41.8 Å². The molecule has 0 radical (unpaired) electrons. The lowest BCUT2D eigenvalue weighted by Gasteiger charge is -2.40. The SMILES string of the molecule is O=C(O)Nc1ccc(-c2nc([C@@H]3[C@H](c4ccccc4)CCCN3C(=O)C=Cc3cc(Cl)ccc3-n3cnnn3)[nH]c2Cl)cc1. The van der Waals surface area contributed by atoms with Gasteiger partial charge in [-0.05, 0) is 65.2 Å². The van der Waals surface area contributed by atoms with Gasteiger partial charge < -0.3 is 15.0 Å². The number of imidazole rings is 1. The molecule has 13 heteroatoms. The molecule has 2 atom stereocenters. The van der Waals surface area contributed by atoms with Crippen molar-refractivity contribution in [3.63, 3.8) is 0 Å². The second-order valence-corrected chi connectivity index (χ2v) is 11.0. The van der Waals surface area contributed by atoms with E-state index in [9.17, 15) is 9.59 Å². The van der Waals surface area contributed by atoms with Crippen LogP contribution < -0.4 is 5.32 Å². The minimum Gasteiger partial charge on any atom is -0.465 e. The molecule has 222 valence electrons. The fourth-order valence-electron chi connectivity index (χ4n) is 5.56. The fraction of sp³-hybridized carbons (Fsp3) is 0.161. The Morgan fingerprint density at radius 3 is 2.57 bits per heavy atom. The number of H-pyrrole nitrogens is 1. The number of carbonyl (C=O) groups excluding carboxylic acids is 1. The Kier molecular flexibility index (Phi) is 8.40. The van der Waals surface area contributed by atoms with Crippen molar-refractivity contribution in [3.05, 3.63) is 112 Å². The Labute approximate surface area is 262 Å². The van der Waals surface area contributed by atoms with E-state index in [1.165, 1.54) is 17.1 Å². The van der Waals surface area contributed by atoms with Crippen molar-refractivity contribution in [2.24, 2.45) is 0 Å². The van der Waals surface area contributed by atoms with Gasteiger partial charge in [0, 0.05) is 40.4 Å². The number of nitrogens with one attached hydrogen (secondary N) is 2. The van der Waals surface area contributed by atoms with Crippen molar-refractivity contribution in [1.82, 2.24) is 35.1 Å². The van der Waals surface area contributed by atoms with Crippen LogP contribution in [0.5, 0.6) is 0 Å². The number of amides is 2. The summed E-state index contributed by atoms with van der Waals surface area (Å²) in [5.74, 6) is 0.323. The number of hydrogen-bond acceptors (Lipinski definition) is 6. The highest BCUT2D eigenvalue weighted by Gasteiger charge is 2.38. The molecule has 2 amide bonds. The molecule has 11 nitrogen and oxygen atoms in total. The number of tetrazole rings is 1. The van der Waals surface area contributed by atoms with Gasteiger partial charge in [0.1, 0.15) is 23.0 Å². The number of carboxylic acid groups (broad SMARTS) is 1. The number of piperidine rings is 1. The van der Waals surface area contributed by atoms with Gasteiger partial charge in [-0.1, -0.05) is 65.7 Å². The maximum atomic E-state index is 13.9. The molecule has 3 aromatic carbocycles. The molecule has 44 heavy (non-hydrogen) atoms. The number of rotatable bonds is 7. The molecule has 0 spiro atoms. The molecule has 3 N–H and O–H groups in total. The van der Waals surface area contributed by atoms with Gasteiger partial charge in [-0.3, -0.25) is 10.1 Å². The maximum Gasteiger partial charge on any atom is 0.409 e.